The molecule has 2 aliphatic heterocycles. The Morgan fingerprint density at radius 1 is 0.407 bits per heavy atom. The molecule has 0 saturated heterocycles. The molecule has 0 amide bonds. The minimum Gasteiger partial charge on any atom is -0.374 e. The van der Waals surface area contributed by atoms with Crippen LogP contribution in [0.1, 0.15) is 0 Å². The molecule has 250 valence electrons. The summed E-state index contributed by atoms with van der Waals surface area (Å²) in [6.07, 6.45) is 0. The Kier molecular flexibility index (Phi) is 6.34. The lowest BCUT2D eigenvalue weighted by Crippen LogP contribution is -2.56. The van der Waals surface area contributed by atoms with E-state index >= 15 is 0 Å². The first kappa shape index (κ1) is 29.9. The highest BCUT2D eigenvalue weighted by molar-refractivity contribution is 7.27. The van der Waals surface area contributed by atoms with Crippen molar-refractivity contribution in [1.29, 1.82) is 0 Å². The first-order valence-corrected chi connectivity index (χ1v) is 19.4. The lowest BCUT2D eigenvalue weighted by atomic mass is 9.44. The van der Waals surface area contributed by atoms with Crippen LogP contribution < -0.4 is 15.8 Å². The van der Waals surface area contributed by atoms with Gasteiger partial charge in [-0.2, -0.15) is 0 Å². The van der Waals surface area contributed by atoms with Crippen LogP contribution in [0.25, 0.3) is 75.7 Å². The summed E-state index contributed by atoms with van der Waals surface area (Å²) in [5, 5.41) is 2.66. The van der Waals surface area contributed by atoms with Crippen molar-refractivity contribution in [3.8, 4) is 44.5 Å². The predicted molar refractivity (Wildman–Crippen MR) is 232 cm³/mol. The van der Waals surface area contributed by atoms with E-state index in [1.807, 2.05) is 11.3 Å². The summed E-state index contributed by atoms with van der Waals surface area (Å²) < 4.78 is 5.40. The SMILES string of the molecule is c1ccc(-c2ccc(N3c4ccc(-c5ccccc5)cc4B4c5c(cc(-c6ccccc6)cc53)-c3cccc5c6sc7ccccc7c6n4c35)cc2)cc1. The van der Waals surface area contributed by atoms with Gasteiger partial charge in [-0.15, -0.1) is 11.3 Å². The molecule has 0 bridgehead atoms. The maximum Gasteiger partial charge on any atom is 0.333 e. The Bertz CT molecular complexity index is 3090. The molecule has 0 radical (unpaired) electrons. The summed E-state index contributed by atoms with van der Waals surface area (Å²) in [5.74, 6) is 0. The molecule has 2 aliphatic rings. The number of thiophene rings is 1. The first-order valence-electron chi connectivity index (χ1n) is 18.6. The second-order valence-corrected chi connectivity index (χ2v) is 15.5. The van der Waals surface area contributed by atoms with E-state index in [4.69, 9.17) is 0 Å². The zero-order valence-corrected chi connectivity index (χ0v) is 30.1. The van der Waals surface area contributed by atoms with Gasteiger partial charge in [-0.05, 0) is 86.3 Å². The van der Waals surface area contributed by atoms with Crippen molar-refractivity contribution >= 4 is 77.4 Å². The fourth-order valence-electron chi connectivity index (χ4n) is 9.21. The molecule has 2 aromatic heterocycles. The number of aromatic nitrogens is 1. The molecule has 4 heteroatoms. The average molecular weight is 703 g/mol. The summed E-state index contributed by atoms with van der Waals surface area (Å²) in [5.41, 5.74) is 18.9. The predicted octanol–water partition coefficient (Wildman–Crippen LogP) is 12.4. The van der Waals surface area contributed by atoms with Crippen molar-refractivity contribution < 1.29 is 0 Å². The van der Waals surface area contributed by atoms with Gasteiger partial charge in [0.2, 0.25) is 0 Å². The van der Waals surface area contributed by atoms with Crippen LogP contribution in [0.3, 0.4) is 0 Å². The minimum atomic E-state index is -0.0220. The molecule has 12 rings (SSSR count). The lowest BCUT2D eigenvalue weighted by molar-refractivity contribution is 1.26. The van der Waals surface area contributed by atoms with Gasteiger partial charge in [0.1, 0.15) is 0 Å². The Balaban J connectivity index is 1.21. The number of para-hydroxylation sites is 1. The van der Waals surface area contributed by atoms with Crippen LogP contribution in [0.2, 0.25) is 0 Å². The Hall–Kier alpha value is -6.62. The Labute approximate surface area is 317 Å². The van der Waals surface area contributed by atoms with Gasteiger partial charge in [0.15, 0.2) is 0 Å². The van der Waals surface area contributed by atoms with E-state index in [0.717, 1.165) is 5.69 Å². The van der Waals surface area contributed by atoms with Crippen LogP contribution in [0.15, 0.2) is 188 Å². The third kappa shape index (κ3) is 4.23. The van der Waals surface area contributed by atoms with E-state index in [1.165, 1.54) is 98.0 Å². The van der Waals surface area contributed by atoms with E-state index in [9.17, 15) is 0 Å². The van der Waals surface area contributed by atoms with Gasteiger partial charge in [0, 0.05) is 43.6 Å². The highest BCUT2D eigenvalue weighted by atomic mass is 32.1. The van der Waals surface area contributed by atoms with Crippen LogP contribution >= 0.6 is 11.3 Å². The monoisotopic (exact) mass is 702 g/mol. The molecule has 0 aliphatic carbocycles. The maximum atomic E-state index is 2.70. The first-order chi connectivity index (χ1) is 26.8. The highest BCUT2D eigenvalue weighted by Gasteiger charge is 2.43. The summed E-state index contributed by atoms with van der Waals surface area (Å²) in [4.78, 5) is 2.53. The summed E-state index contributed by atoms with van der Waals surface area (Å²) in [6.45, 7) is -0.0220. The van der Waals surface area contributed by atoms with Crippen LogP contribution in [-0.4, -0.2) is 11.3 Å². The topological polar surface area (TPSA) is 8.17 Å². The van der Waals surface area contributed by atoms with E-state index in [-0.39, 0.29) is 6.85 Å². The van der Waals surface area contributed by atoms with E-state index in [2.05, 4.69) is 197 Å². The van der Waals surface area contributed by atoms with Gasteiger partial charge in [0.25, 0.3) is 0 Å². The second-order valence-electron chi connectivity index (χ2n) is 14.5. The number of anilines is 3. The van der Waals surface area contributed by atoms with Crippen LogP contribution in [0, 0.1) is 0 Å². The number of hydrogen-bond acceptors (Lipinski definition) is 2. The molecule has 10 aromatic rings. The molecule has 8 aromatic carbocycles. The number of rotatable bonds is 4. The Morgan fingerprint density at radius 3 is 1.76 bits per heavy atom. The summed E-state index contributed by atoms with van der Waals surface area (Å²) >= 11 is 1.92. The highest BCUT2D eigenvalue weighted by Crippen LogP contribution is 2.49. The average Bonchev–Trinajstić information content (AvgIpc) is 3.79. The van der Waals surface area contributed by atoms with Crippen LogP contribution in [-0.2, 0) is 0 Å². The van der Waals surface area contributed by atoms with Crippen LogP contribution in [0.4, 0.5) is 17.1 Å². The molecule has 54 heavy (non-hydrogen) atoms. The third-order valence-corrected chi connectivity index (χ3v) is 12.8. The maximum absolute atomic E-state index is 2.70. The van der Waals surface area contributed by atoms with Crippen molar-refractivity contribution in [2.45, 2.75) is 0 Å². The van der Waals surface area contributed by atoms with Crippen molar-refractivity contribution in [2.75, 3.05) is 4.90 Å². The van der Waals surface area contributed by atoms with Gasteiger partial charge in [-0.25, -0.2) is 0 Å². The lowest BCUT2D eigenvalue weighted by Gasteiger charge is -2.41. The zero-order chi connectivity index (χ0) is 35.3. The van der Waals surface area contributed by atoms with Crippen molar-refractivity contribution in [3.63, 3.8) is 0 Å². The molecule has 0 N–H and O–H groups in total. The largest absolute Gasteiger partial charge is 0.374 e. The molecular formula is C50H31BN2S. The Morgan fingerprint density at radius 2 is 1.02 bits per heavy atom. The van der Waals surface area contributed by atoms with Crippen molar-refractivity contribution in [1.82, 2.24) is 4.48 Å². The van der Waals surface area contributed by atoms with Gasteiger partial charge in [0.05, 0.1) is 10.2 Å². The molecule has 0 saturated carbocycles. The minimum absolute atomic E-state index is 0.0220. The number of nitrogens with zero attached hydrogens (tertiary/aromatic N) is 2. The number of hydrogen-bond donors (Lipinski definition) is 0. The molecule has 0 fully saturated rings. The van der Waals surface area contributed by atoms with Gasteiger partial charge < -0.3 is 9.38 Å². The molecule has 0 atom stereocenters. The summed E-state index contributed by atoms with van der Waals surface area (Å²) in [7, 11) is 0. The van der Waals surface area contributed by atoms with E-state index in [1.54, 1.807) is 0 Å². The van der Waals surface area contributed by atoms with E-state index in [0.29, 0.717) is 0 Å². The molecule has 0 unspecified atom stereocenters. The third-order valence-electron chi connectivity index (χ3n) is 11.6. The van der Waals surface area contributed by atoms with E-state index < -0.39 is 0 Å². The molecular weight excluding hydrogens is 671 g/mol. The smallest absolute Gasteiger partial charge is 0.333 e. The fourth-order valence-corrected chi connectivity index (χ4v) is 10.4. The van der Waals surface area contributed by atoms with Crippen molar-refractivity contribution in [3.05, 3.63) is 188 Å². The standard InChI is InChI=1S/C50H31BN2S/c1-4-13-32(14-5-1)35-23-26-38(27-24-35)52-44-28-25-36(33-15-6-2-7-16-33)30-43(44)51-47-42(29-37(31-45(47)52)34-17-8-3-9-18-34)39-20-12-21-41-48(39)53(51)49-40-19-10-11-22-46(40)54-50(41)49/h1-31H. The fraction of sp³-hybridized carbons (Fsp3) is 0. The number of fused-ring (bicyclic) bond motifs is 9. The van der Waals surface area contributed by atoms with Gasteiger partial charge in [-0.1, -0.05) is 152 Å². The molecule has 2 nitrogen and oxygen atoms in total. The normalized spacial score (nSPS) is 12.7. The summed E-state index contributed by atoms with van der Waals surface area (Å²) in [6, 6.07) is 69.5. The molecule has 0 spiro atoms. The van der Waals surface area contributed by atoms with Crippen molar-refractivity contribution in [2.24, 2.45) is 0 Å². The second kappa shape index (κ2) is 11.4. The quantitative estimate of drug-likeness (QED) is 0.166. The molecule has 4 heterocycles. The number of benzene rings is 8. The zero-order valence-electron chi connectivity index (χ0n) is 29.3. The van der Waals surface area contributed by atoms with Gasteiger partial charge >= 0.3 is 6.85 Å². The van der Waals surface area contributed by atoms with Gasteiger partial charge in [-0.3, -0.25) is 0 Å². The van der Waals surface area contributed by atoms with Crippen LogP contribution in [0.5, 0.6) is 0 Å².